The van der Waals surface area contributed by atoms with Crippen molar-refractivity contribution in [3.63, 3.8) is 0 Å². The zero-order valence-corrected chi connectivity index (χ0v) is 10.7. The Morgan fingerprint density at radius 3 is 2.88 bits per heavy atom. The smallest absolute Gasteiger partial charge is 0.254 e. The first-order chi connectivity index (χ1) is 8.08. The highest BCUT2D eigenvalue weighted by Gasteiger charge is 2.27. The molecule has 92 valence electrons. The molecule has 1 saturated heterocycles. The van der Waals surface area contributed by atoms with Crippen LogP contribution in [0.1, 0.15) is 29.8 Å². The number of nitrogens with zero attached hydrogens (tertiary/aromatic N) is 1. The first-order valence-electron chi connectivity index (χ1n) is 6.19. The molecule has 1 fully saturated rings. The zero-order chi connectivity index (χ0) is 12.4. The number of hydrogen-bond acceptors (Lipinski definition) is 2. The molecule has 2 rings (SSSR count). The van der Waals surface area contributed by atoms with E-state index in [0.29, 0.717) is 6.04 Å². The molecule has 1 aliphatic rings. The van der Waals surface area contributed by atoms with Crippen molar-refractivity contribution >= 4 is 5.91 Å². The van der Waals surface area contributed by atoms with E-state index in [1.807, 2.05) is 36.1 Å². The Labute approximate surface area is 103 Å². The lowest BCUT2D eigenvalue weighted by atomic mass is 10.1. The number of carbonyl (C=O) groups excluding carboxylic acids is 1. The Bertz CT molecular complexity index is 416. The van der Waals surface area contributed by atoms with E-state index in [1.54, 1.807) is 0 Å². The summed E-state index contributed by atoms with van der Waals surface area (Å²) in [5.74, 6) is 0.148. The maximum atomic E-state index is 12.4. The van der Waals surface area contributed by atoms with Crippen LogP contribution in [0.3, 0.4) is 0 Å². The minimum atomic E-state index is 0.148. The molecular formula is C14H20N2O. The second-order valence-electron chi connectivity index (χ2n) is 4.99. The molecule has 0 bridgehead atoms. The normalized spacial score (nSPS) is 24.8. The largest absolute Gasteiger partial charge is 0.333 e. The first-order valence-corrected chi connectivity index (χ1v) is 6.19. The fourth-order valence-corrected chi connectivity index (χ4v) is 2.25. The molecule has 17 heavy (non-hydrogen) atoms. The molecule has 1 aromatic rings. The Kier molecular flexibility index (Phi) is 3.48. The average Bonchev–Trinajstić information content (AvgIpc) is 2.31. The number of hydrogen-bond donors (Lipinski definition) is 1. The summed E-state index contributed by atoms with van der Waals surface area (Å²) in [6.45, 7) is 7.88. The van der Waals surface area contributed by atoms with Gasteiger partial charge in [-0.25, -0.2) is 0 Å². The van der Waals surface area contributed by atoms with Crippen LogP contribution in [0.5, 0.6) is 0 Å². The molecule has 1 N–H and O–H groups in total. The van der Waals surface area contributed by atoms with Gasteiger partial charge in [-0.2, -0.15) is 0 Å². The highest BCUT2D eigenvalue weighted by Crippen LogP contribution is 2.13. The number of amides is 1. The highest BCUT2D eigenvalue weighted by atomic mass is 16.2. The molecule has 1 heterocycles. The van der Waals surface area contributed by atoms with Crippen molar-refractivity contribution in [2.24, 2.45) is 0 Å². The molecule has 3 nitrogen and oxygen atoms in total. The monoisotopic (exact) mass is 232 g/mol. The molecule has 3 heteroatoms. The van der Waals surface area contributed by atoms with Crippen LogP contribution in [0.15, 0.2) is 24.3 Å². The molecule has 2 atom stereocenters. The van der Waals surface area contributed by atoms with E-state index in [0.717, 1.165) is 24.2 Å². The third-order valence-electron chi connectivity index (χ3n) is 3.29. The summed E-state index contributed by atoms with van der Waals surface area (Å²) in [6, 6.07) is 8.45. The fraction of sp³-hybridized carbons (Fsp3) is 0.500. The van der Waals surface area contributed by atoms with Gasteiger partial charge in [-0.15, -0.1) is 0 Å². The molecule has 0 radical (unpaired) electrons. The topological polar surface area (TPSA) is 32.3 Å². The SMILES string of the molecule is Cc1cccc(C(=O)N2CC(C)NCC2C)c1. The Morgan fingerprint density at radius 1 is 1.41 bits per heavy atom. The summed E-state index contributed by atoms with van der Waals surface area (Å²) in [5, 5.41) is 3.39. The second kappa shape index (κ2) is 4.88. The van der Waals surface area contributed by atoms with Crippen molar-refractivity contribution in [2.75, 3.05) is 13.1 Å². The predicted molar refractivity (Wildman–Crippen MR) is 69.1 cm³/mol. The van der Waals surface area contributed by atoms with Crippen molar-refractivity contribution in [3.05, 3.63) is 35.4 Å². The number of benzene rings is 1. The van der Waals surface area contributed by atoms with Crippen LogP contribution in [0.2, 0.25) is 0 Å². The van der Waals surface area contributed by atoms with E-state index >= 15 is 0 Å². The van der Waals surface area contributed by atoms with Gasteiger partial charge in [-0.1, -0.05) is 17.7 Å². The molecule has 2 unspecified atom stereocenters. The molecule has 1 aliphatic heterocycles. The summed E-state index contributed by atoms with van der Waals surface area (Å²) in [4.78, 5) is 14.4. The Balaban J connectivity index is 2.18. The van der Waals surface area contributed by atoms with Gasteiger partial charge in [-0.3, -0.25) is 4.79 Å². The van der Waals surface area contributed by atoms with Crippen LogP contribution in [0.4, 0.5) is 0 Å². The molecule has 1 aromatic carbocycles. The van der Waals surface area contributed by atoms with Gasteiger partial charge in [0.05, 0.1) is 0 Å². The van der Waals surface area contributed by atoms with Crippen LogP contribution in [-0.4, -0.2) is 36.0 Å². The van der Waals surface area contributed by atoms with E-state index in [9.17, 15) is 4.79 Å². The number of carbonyl (C=O) groups is 1. The van der Waals surface area contributed by atoms with E-state index in [2.05, 4.69) is 19.2 Å². The maximum Gasteiger partial charge on any atom is 0.254 e. The van der Waals surface area contributed by atoms with Crippen molar-refractivity contribution in [1.82, 2.24) is 10.2 Å². The van der Waals surface area contributed by atoms with Gasteiger partial charge < -0.3 is 10.2 Å². The van der Waals surface area contributed by atoms with Crippen LogP contribution < -0.4 is 5.32 Å². The van der Waals surface area contributed by atoms with E-state index in [1.165, 1.54) is 0 Å². The lowest BCUT2D eigenvalue weighted by Crippen LogP contribution is -2.56. The van der Waals surface area contributed by atoms with Crippen LogP contribution >= 0.6 is 0 Å². The third kappa shape index (κ3) is 2.67. The van der Waals surface area contributed by atoms with Crippen LogP contribution in [-0.2, 0) is 0 Å². The Hall–Kier alpha value is -1.35. The molecular weight excluding hydrogens is 212 g/mol. The van der Waals surface area contributed by atoms with Gasteiger partial charge in [-0.05, 0) is 32.9 Å². The summed E-state index contributed by atoms with van der Waals surface area (Å²) in [7, 11) is 0. The second-order valence-corrected chi connectivity index (χ2v) is 4.99. The minimum Gasteiger partial charge on any atom is -0.333 e. The van der Waals surface area contributed by atoms with E-state index in [-0.39, 0.29) is 11.9 Å². The quantitative estimate of drug-likeness (QED) is 0.801. The summed E-state index contributed by atoms with van der Waals surface area (Å²) in [5.41, 5.74) is 1.93. The first kappa shape index (κ1) is 12.1. The van der Waals surface area contributed by atoms with Crippen molar-refractivity contribution in [2.45, 2.75) is 32.9 Å². The predicted octanol–water partition coefficient (Wildman–Crippen LogP) is 1.82. The van der Waals surface area contributed by atoms with Gasteiger partial charge >= 0.3 is 0 Å². The highest BCUT2D eigenvalue weighted by molar-refractivity contribution is 5.94. The molecule has 0 saturated carbocycles. The standard InChI is InChI=1S/C14H20N2O/c1-10-5-4-6-13(7-10)14(17)16-9-11(2)15-8-12(16)3/h4-7,11-12,15H,8-9H2,1-3H3. The molecule has 0 aromatic heterocycles. The van der Waals surface area contributed by atoms with E-state index < -0.39 is 0 Å². The molecule has 0 spiro atoms. The van der Waals surface area contributed by atoms with Crippen LogP contribution in [0.25, 0.3) is 0 Å². The molecule has 0 aliphatic carbocycles. The number of rotatable bonds is 1. The summed E-state index contributed by atoms with van der Waals surface area (Å²) < 4.78 is 0. The minimum absolute atomic E-state index is 0.148. The van der Waals surface area contributed by atoms with Gasteiger partial charge in [0.1, 0.15) is 0 Å². The fourth-order valence-electron chi connectivity index (χ4n) is 2.25. The van der Waals surface area contributed by atoms with E-state index in [4.69, 9.17) is 0 Å². The van der Waals surface area contributed by atoms with Crippen LogP contribution in [0, 0.1) is 6.92 Å². The summed E-state index contributed by atoms with van der Waals surface area (Å²) >= 11 is 0. The number of nitrogens with one attached hydrogen (secondary N) is 1. The van der Waals surface area contributed by atoms with Crippen molar-refractivity contribution in [3.8, 4) is 0 Å². The zero-order valence-electron chi connectivity index (χ0n) is 10.7. The van der Waals surface area contributed by atoms with Gasteiger partial charge in [0.15, 0.2) is 0 Å². The van der Waals surface area contributed by atoms with Gasteiger partial charge in [0.25, 0.3) is 5.91 Å². The number of aryl methyl sites for hydroxylation is 1. The summed E-state index contributed by atoms with van der Waals surface area (Å²) in [6.07, 6.45) is 0. The average molecular weight is 232 g/mol. The van der Waals surface area contributed by atoms with Crippen molar-refractivity contribution < 1.29 is 4.79 Å². The third-order valence-corrected chi connectivity index (χ3v) is 3.29. The Morgan fingerprint density at radius 2 is 2.18 bits per heavy atom. The van der Waals surface area contributed by atoms with Gasteiger partial charge in [0, 0.05) is 30.7 Å². The molecule has 1 amide bonds. The number of piperazine rings is 1. The maximum absolute atomic E-state index is 12.4. The lowest BCUT2D eigenvalue weighted by molar-refractivity contribution is 0.0616. The van der Waals surface area contributed by atoms with Crippen molar-refractivity contribution in [1.29, 1.82) is 0 Å². The van der Waals surface area contributed by atoms with Gasteiger partial charge in [0.2, 0.25) is 0 Å². The lowest BCUT2D eigenvalue weighted by Gasteiger charge is -2.37.